The maximum absolute atomic E-state index is 12.4. The standard InChI is InChI=1S/C13H14BrNO5/c1-19-8-3-9(11(20-2)10(14)4-8)12(16)15-5-7(6-15)13(17)18/h3-4,7H,5-6H2,1-2H3,(H,17,18). The number of carbonyl (C=O) groups is 2. The van der Waals surface area contributed by atoms with E-state index in [4.69, 9.17) is 14.6 Å². The maximum Gasteiger partial charge on any atom is 0.310 e. The molecule has 1 aromatic carbocycles. The number of carbonyl (C=O) groups excluding carboxylic acids is 1. The highest BCUT2D eigenvalue weighted by Gasteiger charge is 2.37. The molecule has 0 aliphatic carbocycles. The Morgan fingerprint density at radius 1 is 1.30 bits per heavy atom. The zero-order valence-corrected chi connectivity index (χ0v) is 12.6. The van der Waals surface area contributed by atoms with Crippen LogP contribution in [0, 0.1) is 5.92 Å². The second-order valence-corrected chi connectivity index (χ2v) is 5.29. The van der Waals surface area contributed by atoms with Crippen molar-refractivity contribution >= 4 is 27.8 Å². The summed E-state index contributed by atoms with van der Waals surface area (Å²) < 4.78 is 11.0. The largest absolute Gasteiger partial charge is 0.497 e. The smallest absolute Gasteiger partial charge is 0.310 e. The van der Waals surface area contributed by atoms with Gasteiger partial charge in [-0.1, -0.05) is 0 Å². The molecule has 1 aliphatic heterocycles. The Balaban J connectivity index is 2.26. The number of halogens is 1. The average Bonchev–Trinajstić information content (AvgIpc) is 2.35. The first-order chi connectivity index (χ1) is 9.47. The van der Waals surface area contributed by atoms with Crippen molar-refractivity contribution < 1.29 is 24.2 Å². The molecule has 1 fully saturated rings. The molecule has 1 aliphatic rings. The van der Waals surface area contributed by atoms with Gasteiger partial charge in [0, 0.05) is 13.1 Å². The van der Waals surface area contributed by atoms with Gasteiger partial charge in [-0.05, 0) is 28.1 Å². The van der Waals surface area contributed by atoms with E-state index < -0.39 is 11.9 Å². The highest BCUT2D eigenvalue weighted by atomic mass is 79.9. The van der Waals surface area contributed by atoms with Gasteiger partial charge in [-0.3, -0.25) is 9.59 Å². The molecule has 0 radical (unpaired) electrons. The highest BCUT2D eigenvalue weighted by Crippen LogP contribution is 2.35. The number of ether oxygens (including phenoxy) is 2. The summed E-state index contributed by atoms with van der Waals surface area (Å²) in [5.41, 5.74) is 0.350. The number of hydrogen-bond donors (Lipinski definition) is 1. The Labute approximate surface area is 124 Å². The number of aliphatic carboxylic acids is 1. The molecule has 6 nitrogen and oxygen atoms in total. The van der Waals surface area contributed by atoms with Crippen molar-refractivity contribution in [2.24, 2.45) is 5.92 Å². The van der Waals surface area contributed by atoms with Gasteiger partial charge in [0.15, 0.2) is 0 Å². The Kier molecular flexibility index (Phi) is 4.17. The Hall–Kier alpha value is -1.76. The third-order valence-corrected chi connectivity index (χ3v) is 3.79. The lowest BCUT2D eigenvalue weighted by Gasteiger charge is -2.37. The second-order valence-electron chi connectivity index (χ2n) is 4.44. The van der Waals surface area contributed by atoms with Crippen LogP contribution in [0.25, 0.3) is 0 Å². The van der Waals surface area contributed by atoms with Crippen LogP contribution in [-0.2, 0) is 4.79 Å². The molecule has 2 rings (SSSR count). The van der Waals surface area contributed by atoms with Crippen molar-refractivity contribution in [2.75, 3.05) is 27.3 Å². The second kappa shape index (κ2) is 5.70. The first-order valence-corrected chi connectivity index (χ1v) is 6.70. The van der Waals surface area contributed by atoms with Crippen LogP contribution in [0.15, 0.2) is 16.6 Å². The van der Waals surface area contributed by atoms with Crippen LogP contribution in [0.5, 0.6) is 11.5 Å². The molecule has 0 aromatic heterocycles. The summed E-state index contributed by atoms with van der Waals surface area (Å²) in [6.45, 7) is 0.429. The number of carboxylic acids is 1. The van der Waals surface area contributed by atoms with Crippen molar-refractivity contribution in [1.82, 2.24) is 4.90 Å². The molecule has 0 saturated carbocycles. The van der Waals surface area contributed by atoms with Crippen molar-refractivity contribution in [1.29, 1.82) is 0 Å². The van der Waals surface area contributed by atoms with E-state index in [1.165, 1.54) is 19.1 Å². The van der Waals surface area contributed by atoms with Crippen LogP contribution in [-0.4, -0.2) is 49.2 Å². The number of carboxylic acid groups (broad SMARTS) is 1. The van der Waals surface area contributed by atoms with Gasteiger partial charge in [0.1, 0.15) is 11.5 Å². The summed E-state index contributed by atoms with van der Waals surface area (Å²) in [6.07, 6.45) is 0. The number of rotatable bonds is 4. The van der Waals surface area contributed by atoms with Crippen LogP contribution in [0.3, 0.4) is 0 Å². The molecule has 1 aromatic rings. The lowest BCUT2D eigenvalue weighted by molar-refractivity contribution is -0.146. The molecule has 0 atom stereocenters. The van der Waals surface area contributed by atoms with E-state index >= 15 is 0 Å². The lowest BCUT2D eigenvalue weighted by atomic mass is 9.99. The summed E-state index contributed by atoms with van der Waals surface area (Å²) in [5, 5.41) is 8.84. The fourth-order valence-electron chi connectivity index (χ4n) is 2.02. The van der Waals surface area contributed by atoms with Gasteiger partial charge in [-0.15, -0.1) is 0 Å². The van der Waals surface area contributed by atoms with Gasteiger partial charge in [0.2, 0.25) is 0 Å². The van der Waals surface area contributed by atoms with Gasteiger partial charge < -0.3 is 19.5 Å². The van der Waals surface area contributed by atoms with E-state index in [0.717, 1.165) is 0 Å². The molecule has 20 heavy (non-hydrogen) atoms. The van der Waals surface area contributed by atoms with Crippen molar-refractivity contribution in [3.05, 3.63) is 22.2 Å². The zero-order chi connectivity index (χ0) is 14.9. The molecule has 7 heteroatoms. The summed E-state index contributed by atoms with van der Waals surface area (Å²) >= 11 is 3.32. The molecule has 0 unspecified atom stereocenters. The maximum atomic E-state index is 12.4. The number of likely N-dealkylation sites (tertiary alicyclic amines) is 1. The molecule has 0 bridgehead atoms. The van der Waals surface area contributed by atoms with Crippen LogP contribution < -0.4 is 9.47 Å². The van der Waals surface area contributed by atoms with Crippen molar-refractivity contribution in [2.45, 2.75) is 0 Å². The minimum Gasteiger partial charge on any atom is -0.497 e. The minimum atomic E-state index is -0.882. The third-order valence-electron chi connectivity index (χ3n) is 3.21. The van der Waals surface area contributed by atoms with E-state index in [1.807, 2.05) is 0 Å². The summed E-state index contributed by atoms with van der Waals surface area (Å²) in [5.74, 6) is -0.698. The Bertz CT molecular complexity index is 554. The van der Waals surface area contributed by atoms with E-state index in [0.29, 0.717) is 21.5 Å². The average molecular weight is 344 g/mol. The number of benzene rings is 1. The fraction of sp³-hybridized carbons (Fsp3) is 0.385. The molecule has 1 amide bonds. The first-order valence-electron chi connectivity index (χ1n) is 5.91. The number of hydrogen-bond acceptors (Lipinski definition) is 4. The molecule has 0 spiro atoms. The van der Waals surface area contributed by atoms with Gasteiger partial charge in [-0.25, -0.2) is 0 Å². The SMILES string of the molecule is COc1cc(Br)c(OC)c(C(=O)N2CC(C(=O)O)C2)c1. The van der Waals surface area contributed by atoms with E-state index in [2.05, 4.69) is 15.9 Å². The lowest BCUT2D eigenvalue weighted by Crippen LogP contribution is -2.53. The summed E-state index contributed by atoms with van der Waals surface area (Å²) in [6, 6.07) is 3.28. The fourth-order valence-corrected chi connectivity index (χ4v) is 2.62. The van der Waals surface area contributed by atoms with Gasteiger partial charge in [0.25, 0.3) is 5.91 Å². The van der Waals surface area contributed by atoms with Crippen LogP contribution in [0.2, 0.25) is 0 Å². The topological polar surface area (TPSA) is 76.1 Å². The van der Waals surface area contributed by atoms with Gasteiger partial charge >= 0.3 is 5.97 Å². The minimum absolute atomic E-state index is 0.214. The molecular formula is C13H14BrNO5. The molecule has 1 saturated heterocycles. The van der Waals surface area contributed by atoms with Crippen LogP contribution in [0.4, 0.5) is 0 Å². The molecule has 1 heterocycles. The summed E-state index contributed by atoms with van der Waals surface area (Å²) in [4.78, 5) is 24.6. The Morgan fingerprint density at radius 3 is 2.45 bits per heavy atom. The predicted molar refractivity (Wildman–Crippen MR) is 74.3 cm³/mol. The van der Waals surface area contributed by atoms with Crippen LogP contribution >= 0.6 is 15.9 Å². The first kappa shape index (κ1) is 14.6. The van der Waals surface area contributed by atoms with Crippen LogP contribution in [0.1, 0.15) is 10.4 Å². The Morgan fingerprint density at radius 2 is 1.95 bits per heavy atom. The van der Waals surface area contributed by atoms with E-state index in [-0.39, 0.29) is 19.0 Å². The normalized spacial score (nSPS) is 14.7. The summed E-state index contributed by atoms with van der Waals surface area (Å²) in [7, 11) is 2.98. The number of methoxy groups -OCH3 is 2. The van der Waals surface area contributed by atoms with Gasteiger partial charge in [-0.2, -0.15) is 0 Å². The monoisotopic (exact) mass is 343 g/mol. The molecule has 108 valence electrons. The van der Waals surface area contributed by atoms with Gasteiger partial charge in [0.05, 0.1) is 30.2 Å². The number of amides is 1. The molecular weight excluding hydrogens is 330 g/mol. The highest BCUT2D eigenvalue weighted by molar-refractivity contribution is 9.10. The third kappa shape index (κ3) is 2.58. The van der Waals surface area contributed by atoms with Crippen molar-refractivity contribution in [3.8, 4) is 11.5 Å². The molecule has 1 N–H and O–H groups in total. The predicted octanol–water partition coefficient (Wildman–Crippen LogP) is 1.62. The van der Waals surface area contributed by atoms with E-state index in [9.17, 15) is 9.59 Å². The zero-order valence-electron chi connectivity index (χ0n) is 11.1. The quantitative estimate of drug-likeness (QED) is 0.898. The van der Waals surface area contributed by atoms with E-state index in [1.54, 1.807) is 12.1 Å². The van der Waals surface area contributed by atoms with Crippen molar-refractivity contribution in [3.63, 3.8) is 0 Å². The number of nitrogens with zero attached hydrogens (tertiary/aromatic N) is 1.